The van der Waals surface area contributed by atoms with E-state index in [9.17, 15) is 9.18 Å². The molecule has 6 heteroatoms. The molecule has 1 aromatic carbocycles. The molecule has 0 bridgehead atoms. The molecule has 1 aromatic heterocycles. The monoisotopic (exact) mass is 294 g/mol. The van der Waals surface area contributed by atoms with Gasteiger partial charge in [-0.1, -0.05) is 0 Å². The van der Waals surface area contributed by atoms with Crippen molar-refractivity contribution in [1.29, 1.82) is 0 Å². The number of carbonyl (C=O) groups is 1. The summed E-state index contributed by atoms with van der Waals surface area (Å²) in [5.74, 6) is -0.596. The third-order valence-electron chi connectivity index (χ3n) is 2.48. The van der Waals surface area contributed by atoms with Crippen LogP contribution in [0.2, 0.25) is 0 Å². The first kappa shape index (κ1) is 14.5. The molecule has 106 valence electrons. The Morgan fingerprint density at radius 3 is 2.95 bits per heavy atom. The molecule has 0 fully saturated rings. The molecule has 0 spiro atoms. The van der Waals surface area contributed by atoms with Gasteiger partial charge >= 0.3 is 5.97 Å². The highest BCUT2D eigenvalue weighted by atomic mass is 32.1. The van der Waals surface area contributed by atoms with Crippen LogP contribution in [0.3, 0.4) is 0 Å². The molecule has 20 heavy (non-hydrogen) atoms. The SMILES string of the molecule is CCOC(=O)Cc1csc(Nc2cc(C)cc(F)c2)n1. The van der Waals surface area contributed by atoms with Gasteiger partial charge in [-0.25, -0.2) is 9.37 Å². The standard InChI is InChI=1S/C14H15FN2O2S/c1-3-19-13(18)7-12-8-20-14(17-12)16-11-5-9(2)4-10(15)6-11/h4-6,8H,3,7H2,1-2H3,(H,16,17). The summed E-state index contributed by atoms with van der Waals surface area (Å²) in [5.41, 5.74) is 2.11. The first-order chi connectivity index (χ1) is 9.56. The van der Waals surface area contributed by atoms with E-state index in [1.807, 2.05) is 13.0 Å². The van der Waals surface area contributed by atoms with Gasteiger partial charge in [0, 0.05) is 11.1 Å². The molecular formula is C14H15FN2O2S. The van der Waals surface area contributed by atoms with Crippen molar-refractivity contribution in [3.05, 3.63) is 40.7 Å². The molecule has 0 aliphatic carbocycles. The third-order valence-corrected chi connectivity index (χ3v) is 3.28. The van der Waals surface area contributed by atoms with Crippen LogP contribution >= 0.6 is 11.3 Å². The average molecular weight is 294 g/mol. The van der Waals surface area contributed by atoms with Gasteiger partial charge in [0.05, 0.1) is 18.7 Å². The molecule has 2 rings (SSSR count). The number of esters is 1. The van der Waals surface area contributed by atoms with Crippen molar-refractivity contribution in [2.24, 2.45) is 0 Å². The highest BCUT2D eigenvalue weighted by molar-refractivity contribution is 7.13. The number of anilines is 2. The van der Waals surface area contributed by atoms with Crippen molar-refractivity contribution in [3.63, 3.8) is 0 Å². The van der Waals surface area contributed by atoms with Gasteiger partial charge in [-0.15, -0.1) is 11.3 Å². The highest BCUT2D eigenvalue weighted by Gasteiger charge is 2.09. The van der Waals surface area contributed by atoms with Crippen LogP contribution in [0.4, 0.5) is 15.2 Å². The van der Waals surface area contributed by atoms with Gasteiger partial charge in [0.25, 0.3) is 0 Å². The molecule has 2 aromatic rings. The van der Waals surface area contributed by atoms with Crippen LogP contribution in [0.5, 0.6) is 0 Å². The van der Waals surface area contributed by atoms with Crippen molar-refractivity contribution in [3.8, 4) is 0 Å². The van der Waals surface area contributed by atoms with Gasteiger partial charge in [0.1, 0.15) is 5.82 Å². The number of hydrogen-bond acceptors (Lipinski definition) is 5. The number of aryl methyl sites for hydroxylation is 1. The fourth-order valence-electron chi connectivity index (χ4n) is 1.74. The predicted molar refractivity (Wildman–Crippen MR) is 76.9 cm³/mol. The van der Waals surface area contributed by atoms with Crippen molar-refractivity contribution in [1.82, 2.24) is 4.98 Å². The predicted octanol–water partition coefficient (Wildman–Crippen LogP) is 3.44. The highest BCUT2D eigenvalue weighted by Crippen LogP contribution is 2.22. The Kier molecular flexibility index (Phi) is 4.68. The summed E-state index contributed by atoms with van der Waals surface area (Å²) in [6.07, 6.45) is 0.147. The fraction of sp³-hybridized carbons (Fsp3) is 0.286. The molecule has 1 heterocycles. The van der Waals surface area contributed by atoms with E-state index in [0.717, 1.165) is 5.56 Å². The Morgan fingerprint density at radius 1 is 1.45 bits per heavy atom. The van der Waals surface area contributed by atoms with Gasteiger partial charge in [-0.3, -0.25) is 4.79 Å². The molecule has 0 saturated carbocycles. The quantitative estimate of drug-likeness (QED) is 0.858. The summed E-state index contributed by atoms with van der Waals surface area (Å²) in [7, 11) is 0. The number of aromatic nitrogens is 1. The maximum atomic E-state index is 13.3. The van der Waals surface area contributed by atoms with Crippen molar-refractivity contribution < 1.29 is 13.9 Å². The second kappa shape index (κ2) is 6.47. The van der Waals surface area contributed by atoms with E-state index in [-0.39, 0.29) is 18.2 Å². The molecule has 0 aliphatic heterocycles. The molecule has 0 aliphatic rings. The van der Waals surface area contributed by atoms with E-state index in [2.05, 4.69) is 10.3 Å². The molecule has 0 atom stereocenters. The largest absolute Gasteiger partial charge is 0.466 e. The third kappa shape index (κ3) is 4.03. The Labute approximate surface area is 120 Å². The summed E-state index contributed by atoms with van der Waals surface area (Å²) in [5, 5.41) is 5.43. The van der Waals surface area contributed by atoms with Gasteiger partial charge in [0.15, 0.2) is 5.13 Å². The lowest BCUT2D eigenvalue weighted by atomic mass is 10.2. The van der Waals surface area contributed by atoms with E-state index in [0.29, 0.717) is 23.1 Å². The first-order valence-electron chi connectivity index (χ1n) is 6.21. The molecule has 1 N–H and O–H groups in total. The zero-order valence-electron chi connectivity index (χ0n) is 11.3. The lowest BCUT2D eigenvalue weighted by Gasteiger charge is -2.04. The van der Waals surface area contributed by atoms with Crippen LogP contribution in [0, 0.1) is 12.7 Å². The zero-order chi connectivity index (χ0) is 14.5. The molecule has 4 nitrogen and oxygen atoms in total. The van der Waals surface area contributed by atoms with E-state index < -0.39 is 0 Å². The number of benzene rings is 1. The Balaban J connectivity index is 2.03. The lowest BCUT2D eigenvalue weighted by molar-refractivity contribution is -0.142. The number of halogens is 1. The minimum absolute atomic E-state index is 0.147. The smallest absolute Gasteiger partial charge is 0.311 e. The Bertz CT molecular complexity index is 593. The Morgan fingerprint density at radius 2 is 2.25 bits per heavy atom. The van der Waals surface area contributed by atoms with Gasteiger partial charge in [-0.05, 0) is 37.6 Å². The summed E-state index contributed by atoms with van der Waals surface area (Å²) < 4.78 is 18.1. The number of ether oxygens (including phenoxy) is 1. The second-order valence-corrected chi connectivity index (χ2v) is 5.13. The number of thiazole rings is 1. The lowest BCUT2D eigenvalue weighted by Crippen LogP contribution is -2.07. The maximum Gasteiger partial charge on any atom is 0.311 e. The molecule has 0 amide bonds. The number of carbonyl (C=O) groups excluding carboxylic acids is 1. The van der Waals surface area contributed by atoms with Crippen LogP contribution in [-0.4, -0.2) is 17.6 Å². The zero-order valence-corrected chi connectivity index (χ0v) is 12.1. The van der Waals surface area contributed by atoms with Crippen LogP contribution in [0.15, 0.2) is 23.6 Å². The van der Waals surface area contributed by atoms with E-state index >= 15 is 0 Å². The topological polar surface area (TPSA) is 51.2 Å². The fourth-order valence-corrected chi connectivity index (χ4v) is 2.47. The summed E-state index contributed by atoms with van der Waals surface area (Å²) in [6.45, 7) is 3.94. The van der Waals surface area contributed by atoms with Crippen LogP contribution in [0.25, 0.3) is 0 Å². The normalized spacial score (nSPS) is 10.3. The second-order valence-electron chi connectivity index (χ2n) is 4.27. The number of hydrogen-bond donors (Lipinski definition) is 1. The average Bonchev–Trinajstić information content (AvgIpc) is 2.75. The van der Waals surface area contributed by atoms with E-state index in [4.69, 9.17) is 4.74 Å². The summed E-state index contributed by atoms with van der Waals surface area (Å²) >= 11 is 1.36. The van der Waals surface area contributed by atoms with Gasteiger partial charge in [-0.2, -0.15) is 0 Å². The van der Waals surface area contributed by atoms with Gasteiger partial charge < -0.3 is 10.1 Å². The Hall–Kier alpha value is -1.95. The number of nitrogens with one attached hydrogen (secondary N) is 1. The van der Waals surface area contributed by atoms with E-state index in [1.165, 1.54) is 23.5 Å². The maximum absolute atomic E-state index is 13.3. The first-order valence-corrected chi connectivity index (χ1v) is 7.09. The minimum atomic E-state index is -0.300. The minimum Gasteiger partial charge on any atom is -0.466 e. The van der Waals surface area contributed by atoms with Crippen LogP contribution in [-0.2, 0) is 16.0 Å². The number of nitrogens with zero attached hydrogens (tertiary/aromatic N) is 1. The molecule has 0 radical (unpaired) electrons. The van der Waals surface area contributed by atoms with Crippen LogP contribution in [0.1, 0.15) is 18.2 Å². The van der Waals surface area contributed by atoms with Crippen molar-refractivity contribution >= 4 is 28.1 Å². The molecular weight excluding hydrogens is 279 g/mol. The summed E-state index contributed by atoms with van der Waals surface area (Å²) in [6, 6.07) is 4.69. The molecule has 0 saturated heterocycles. The van der Waals surface area contributed by atoms with Crippen molar-refractivity contribution in [2.45, 2.75) is 20.3 Å². The van der Waals surface area contributed by atoms with Crippen molar-refractivity contribution in [2.75, 3.05) is 11.9 Å². The number of rotatable bonds is 5. The van der Waals surface area contributed by atoms with Gasteiger partial charge in [0.2, 0.25) is 0 Å². The van der Waals surface area contributed by atoms with Crippen LogP contribution < -0.4 is 5.32 Å². The van der Waals surface area contributed by atoms with E-state index in [1.54, 1.807) is 12.3 Å². The summed E-state index contributed by atoms with van der Waals surface area (Å²) in [4.78, 5) is 15.6. The molecule has 0 unspecified atom stereocenters.